The summed E-state index contributed by atoms with van der Waals surface area (Å²) in [5, 5.41) is 4.72. The quantitative estimate of drug-likeness (QED) is 0.541. The topological polar surface area (TPSA) is 69.0 Å². The molecule has 0 bridgehead atoms. The summed E-state index contributed by atoms with van der Waals surface area (Å²) in [4.78, 5) is 21.0. The van der Waals surface area contributed by atoms with Crippen LogP contribution in [-0.2, 0) is 7.05 Å². The summed E-state index contributed by atoms with van der Waals surface area (Å²) in [6.07, 6.45) is 3.87. The highest BCUT2D eigenvalue weighted by molar-refractivity contribution is 6.04. The molecule has 0 saturated carbocycles. The minimum absolute atomic E-state index is 0.306. The molecule has 6 nitrogen and oxygen atoms in total. The van der Waals surface area contributed by atoms with Crippen LogP contribution in [-0.4, -0.2) is 26.8 Å². The second kappa shape index (κ2) is 7.71. The summed E-state index contributed by atoms with van der Waals surface area (Å²) >= 11 is 0. The first-order chi connectivity index (χ1) is 14.0. The number of hydrogen-bond acceptors (Lipinski definition) is 4. The van der Waals surface area contributed by atoms with Gasteiger partial charge in [0, 0.05) is 36.7 Å². The summed E-state index contributed by atoms with van der Waals surface area (Å²) in [6.45, 7) is 1.30. The van der Waals surface area contributed by atoms with E-state index in [9.17, 15) is 9.18 Å². The van der Waals surface area contributed by atoms with E-state index < -0.39 is 6.36 Å². The third-order valence-electron chi connectivity index (χ3n) is 4.49. The van der Waals surface area contributed by atoms with Crippen LogP contribution in [0, 0.1) is 0 Å². The molecule has 4 rings (SSSR count). The Labute approximate surface area is 167 Å². The Morgan fingerprint density at radius 1 is 1.10 bits per heavy atom. The smallest absolute Gasteiger partial charge is 0.256 e. The lowest BCUT2D eigenvalue weighted by Crippen LogP contribution is -2.13. The molecule has 1 atom stereocenters. The van der Waals surface area contributed by atoms with E-state index >= 15 is 0 Å². The van der Waals surface area contributed by atoms with Crippen molar-refractivity contribution in [3.05, 3.63) is 72.8 Å². The number of carbonyl (C=O) groups excluding carboxylic acids is 1. The fourth-order valence-corrected chi connectivity index (χ4v) is 3.06. The number of alkyl halides is 1. The lowest BCUT2D eigenvalue weighted by Gasteiger charge is -2.09. The van der Waals surface area contributed by atoms with Gasteiger partial charge in [-0.15, -0.1) is 0 Å². The Hall–Kier alpha value is -3.74. The van der Waals surface area contributed by atoms with Crippen molar-refractivity contribution >= 4 is 22.5 Å². The van der Waals surface area contributed by atoms with Crippen LogP contribution in [0.3, 0.4) is 0 Å². The van der Waals surface area contributed by atoms with Crippen LogP contribution in [0.4, 0.5) is 10.2 Å². The van der Waals surface area contributed by atoms with E-state index in [0.29, 0.717) is 17.1 Å². The van der Waals surface area contributed by atoms with Crippen molar-refractivity contribution in [2.24, 2.45) is 7.05 Å². The number of benzene rings is 2. The number of aromatic nitrogens is 3. The number of nitrogens with one attached hydrogen (secondary N) is 1. The summed E-state index contributed by atoms with van der Waals surface area (Å²) in [5.41, 5.74) is 2.45. The van der Waals surface area contributed by atoms with E-state index in [2.05, 4.69) is 15.3 Å². The van der Waals surface area contributed by atoms with Gasteiger partial charge in [0.15, 0.2) is 0 Å². The number of anilines is 1. The molecule has 2 aromatic carbocycles. The first kappa shape index (κ1) is 18.6. The first-order valence-electron chi connectivity index (χ1n) is 9.08. The standard InChI is InChI=1S/C22H19FN4O2/c1-14(23)29-19-7-5-15(6-8-19)22(28)26-21-10-18-9-16(3-4-17(18)11-25-21)20-12-24-13-27(20)2/h3-14H,1-2H3,(H,25,26,28)/t14-/m1/s1. The second-order valence-corrected chi connectivity index (χ2v) is 6.66. The van der Waals surface area contributed by atoms with E-state index in [1.807, 2.05) is 42.1 Å². The monoisotopic (exact) mass is 390 g/mol. The number of imidazole rings is 1. The highest BCUT2D eigenvalue weighted by Gasteiger charge is 2.10. The lowest BCUT2D eigenvalue weighted by molar-refractivity contribution is 0.0860. The molecule has 0 fully saturated rings. The van der Waals surface area contributed by atoms with E-state index in [0.717, 1.165) is 22.0 Å². The van der Waals surface area contributed by atoms with Crippen LogP contribution in [0.15, 0.2) is 67.3 Å². The van der Waals surface area contributed by atoms with Crippen molar-refractivity contribution in [2.45, 2.75) is 13.3 Å². The van der Waals surface area contributed by atoms with Crippen LogP contribution in [0.1, 0.15) is 17.3 Å². The van der Waals surface area contributed by atoms with Crippen LogP contribution in [0.25, 0.3) is 22.0 Å². The molecule has 0 aliphatic rings. The maximum absolute atomic E-state index is 12.9. The second-order valence-electron chi connectivity index (χ2n) is 6.66. The molecule has 0 aliphatic carbocycles. The third-order valence-corrected chi connectivity index (χ3v) is 4.49. The SMILES string of the molecule is C[C@H](F)Oc1ccc(C(=O)Nc2cc3cc(-c4cncn4C)ccc3cn2)cc1. The van der Waals surface area contributed by atoms with E-state index in [4.69, 9.17) is 4.74 Å². The maximum Gasteiger partial charge on any atom is 0.256 e. The molecule has 1 N–H and O–H groups in total. The summed E-state index contributed by atoms with van der Waals surface area (Å²) in [6, 6.07) is 14.1. The lowest BCUT2D eigenvalue weighted by atomic mass is 10.1. The van der Waals surface area contributed by atoms with Gasteiger partial charge in [0.25, 0.3) is 5.91 Å². The van der Waals surface area contributed by atoms with Crippen molar-refractivity contribution < 1.29 is 13.9 Å². The van der Waals surface area contributed by atoms with E-state index in [-0.39, 0.29) is 5.91 Å². The zero-order valence-electron chi connectivity index (χ0n) is 16.0. The molecule has 0 unspecified atom stereocenters. The Morgan fingerprint density at radius 2 is 1.90 bits per heavy atom. The predicted molar refractivity (Wildman–Crippen MR) is 110 cm³/mol. The fraction of sp³-hybridized carbons (Fsp3) is 0.136. The predicted octanol–water partition coefficient (Wildman–Crippen LogP) is 4.58. The molecule has 0 saturated heterocycles. The largest absolute Gasteiger partial charge is 0.461 e. The number of nitrogens with zero attached hydrogens (tertiary/aromatic N) is 3. The van der Waals surface area contributed by atoms with E-state index in [1.165, 1.54) is 6.92 Å². The van der Waals surface area contributed by atoms with Crippen molar-refractivity contribution in [1.29, 1.82) is 0 Å². The Bertz CT molecular complexity index is 1170. The third kappa shape index (κ3) is 4.08. The number of halogens is 1. The molecule has 29 heavy (non-hydrogen) atoms. The van der Waals surface area contributed by atoms with Gasteiger partial charge in [-0.3, -0.25) is 4.79 Å². The average molecular weight is 390 g/mol. The Balaban J connectivity index is 1.56. The van der Waals surface area contributed by atoms with Crippen molar-refractivity contribution in [1.82, 2.24) is 14.5 Å². The molecular weight excluding hydrogens is 371 g/mol. The number of carbonyl (C=O) groups is 1. The van der Waals surface area contributed by atoms with Crippen LogP contribution >= 0.6 is 0 Å². The van der Waals surface area contributed by atoms with Crippen LogP contribution in [0.2, 0.25) is 0 Å². The summed E-state index contributed by atoms with van der Waals surface area (Å²) in [7, 11) is 1.94. The number of ether oxygens (including phenoxy) is 1. The van der Waals surface area contributed by atoms with E-state index in [1.54, 1.807) is 36.8 Å². The molecule has 0 aliphatic heterocycles. The van der Waals surface area contributed by atoms with Gasteiger partial charge in [0.05, 0.1) is 18.2 Å². The molecule has 2 heterocycles. The molecule has 0 radical (unpaired) electrons. The maximum atomic E-state index is 12.9. The van der Waals surface area contributed by atoms with Gasteiger partial charge in [-0.1, -0.05) is 12.1 Å². The van der Waals surface area contributed by atoms with Gasteiger partial charge >= 0.3 is 0 Å². The first-order valence-corrected chi connectivity index (χ1v) is 9.08. The number of rotatable bonds is 5. The van der Waals surface area contributed by atoms with Crippen molar-refractivity contribution in [2.75, 3.05) is 5.32 Å². The molecule has 2 aromatic heterocycles. The fourth-order valence-electron chi connectivity index (χ4n) is 3.06. The molecule has 7 heteroatoms. The van der Waals surface area contributed by atoms with Gasteiger partial charge in [-0.05, 0) is 41.8 Å². The molecular formula is C22H19FN4O2. The Morgan fingerprint density at radius 3 is 2.59 bits per heavy atom. The molecule has 1 amide bonds. The van der Waals surface area contributed by atoms with Crippen molar-refractivity contribution in [3.63, 3.8) is 0 Å². The zero-order chi connectivity index (χ0) is 20.4. The minimum atomic E-state index is -1.41. The Kier molecular flexibility index (Phi) is 4.95. The molecule has 4 aromatic rings. The van der Waals surface area contributed by atoms with Gasteiger partial charge in [-0.2, -0.15) is 0 Å². The number of pyridine rings is 1. The number of hydrogen-bond donors (Lipinski definition) is 1. The number of aryl methyl sites for hydroxylation is 1. The summed E-state index contributed by atoms with van der Waals surface area (Å²) in [5.74, 6) is 0.505. The van der Waals surface area contributed by atoms with Gasteiger partial charge in [0.1, 0.15) is 11.6 Å². The average Bonchev–Trinajstić information content (AvgIpc) is 3.13. The van der Waals surface area contributed by atoms with Gasteiger partial charge in [-0.25, -0.2) is 14.4 Å². The highest BCUT2D eigenvalue weighted by atomic mass is 19.1. The molecule has 0 spiro atoms. The number of fused-ring (bicyclic) bond motifs is 1. The zero-order valence-corrected chi connectivity index (χ0v) is 16.0. The van der Waals surface area contributed by atoms with Gasteiger partial charge < -0.3 is 14.6 Å². The van der Waals surface area contributed by atoms with Crippen LogP contribution in [0.5, 0.6) is 5.75 Å². The number of amides is 1. The molecule has 146 valence electrons. The van der Waals surface area contributed by atoms with Crippen LogP contribution < -0.4 is 10.1 Å². The normalized spacial score (nSPS) is 12.0. The summed E-state index contributed by atoms with van der Waals surface area (Å²) < 4.78 is 19.8. The van der Waals surface area contributed by atoms with Gasteiger partial charge in [0.2, 0.25) is 6.36 Å². The minimum Gasteiger partial charge on any atom is -0.461 e. The highest BCUT2D eigenvalue weighted by Crippen LogP contribution is 2.25. The van der Waals surface area contributed by atoms with Crippen molar-refractivity contribution in [3.8, 4) is 17.0 Å².